The number of rotatable bonds is 3. The SMILES string of the molecule is Cc1nc(CN2CCCN(C(=O)NC3CC(C)(C)NC(C)(C)C3)CC2)cs1. The second-order valence-electron chi connectivity index (χ2n) is 9.42. The Bertz CT molecular complexity index is 641. The predicted molar refractivity (Wildman–Crippen MR) is 111 cm³/mol. The number of carbonyl (C=O) groups excluding carboxylic acids is 1. The fourth-order valence-corrected chi connectivity index (χ4v) is 5.34. The lowest BCUT2D eigenvalue weighted by atomic mass is 9.80. The Balaban J connectivity index is 1.52. The van der Waals surface area contributed by atoms with Gasteiger partial charge in [0.25, 0.3) is 0 Å². The molecule has 0 aliphatic carbocycles. The number of nitrogens with zero attached hydrogens (tertiary/aromatic N) is 3. The third-order valence-electron chi connectivity index (χ3n) is 5.45. The van der Waals surface area contributed by atoms with Crippen molar-refractivity contribution in [2.24, 2.45) is 0 Å². The highest BCUT2D eigenvalue weighted by Crippen LogP contribution is 2.28. The molecular formula is C20H35N5OS. The van der Waals surface area contributed by atoms with Gasteiger partial charge in [-0.15, -0.1) is 11.3 Å². The van der Waals surface area contributed by atoms with Crippen LogP contribution in [0.3, 0.4) is 0 Å². The Morgan fingerprint density at radius 2 is 1.93 bits per heavy atom. The van der Waals surface area contributed by atoms with Gasteiger partial charge in [0, 0.05) is 55.2 Å². The van der Waals surface area contributed by atoms with Gasteiger partial charge in [-0.1, -0.05) is 0 Å². The van der Waals surface area contributed by atoms with Crippen LogP contribution >= 0.6 is 11.3 Å². The minimum absolute atomic E-state index is 0.0426. The lowest BCUT2D eigenvalue weighted by molar-refractivity contribution is 0.139. The van der Waals surface area contributed by atoms with Crippen LogP contribution in [0.15, 0.2) is 5.38 Å². The fourth-order valence-electron chi connectivity index (χ4n) is 4.73. The molecule has 3 heterocycles. The smallest absolute Gasteiger partial charge is 0.317 e. The maximum absolute atomic E-state index is 12.9. The lowest BCUT2D eigenvalue weighted by Gasteiger charge is -2.46. The molecule has 1 aromatic rings. The summed E-state index contributed by atoms with van der Waals surface area (Å²) in [5, 5.41) is 10.3. The van der Waals surface area contributed by atoms with Crippen LogP contribution in [0.4, 0.5) is 4.79 Å². The molecule has 0 aromatic carbocycles. The number of thiazole rings is 1. The molecule has 3 rings (SSSR count). The molecule has 0 saturated carbocycles. The molecule has 0 radical (unpaired) electrons. The van der Waals surface area contributed by atoms with Gasteiger partial charge < -0.3 is 15.5 Å². The predicted octanol–water partition coefficient (Wildman–Crippen LogP) is 2.98. The molecule has 0 unspecified atom stereocenters. The quantitative estimate of drug-likeness (QED) is 0.829. The maximum Gasteiger partial charge on any atom is 0.317 e. The van der Waals surface area contributed by atoms with Crippen molar-refractivity contribution < 1.29 is 4.79 Å². The zero-order valence-electron chi connectivity index (χ0n) is 17.5. The topological polar surface area (TPSA) is 60.5 Å². The van der Waals surface area contributed by atoms with E-state index in [4.69, 9.17) is 0 Å². The highest BCUT2D eigenvalue weighted by molar-refractivity contribution is 7.09. The second kappa shape index (κ2) is 8.05. The Hall–Kier alpha value is -1.18. The summed E-state index contributed by atoms with van der Waals surface area (Å²) in [5.41, 5.74) is 1.23. The zero-order chi connectivity index (χ0) is 19.7. The average Bonchev–Trinajstić information content (AvgIpc) is 2.77. The molecule has 0 spiro atoms. The summed E-state index contributed by atoms with van der Waals surface area (Å²) in [6, 6.07) is 0.320. The van der Waals surface area contributed by atoms with Crippen LogP contribution in [0, 0.1) is 6.92 Å². The highest BCUT2D eigenvalue weighted by Gasteiger charge is 2.38. The molecule has 1 aromatic heterocycles. The largest absolute Gasteiger partial charge is 0.335 e. The zero-order valence-corrected chi connectivity index (χ0v) is 18.3. The van der Waals surface area contributed by atoms with Crippen LogP contribution in [-0.4, -0.2) is 64.1 Å². The number of carbonyl (C=O) groups is 1. The van der Waals surface area contributed by atoms with E-state index in [1.807, 2.05) is 11.8 Å². The van der Waals surface area contributed by atoms with E-state index in [1.54, 1.807) is 11.3 Å². The van der Waals surface area contributed by atoms with Gasteiger partial charge in [0.1, 0.15) is 0 Å². The minimum Gasteiger partial charge on any atom is -0.335 e. The van der Waals surface area contributed by atoms with Crippen molar-refractivity contribution in [3.63, 3.8) is 0 Å². The van der Waals surface area contributed by atoms with E-state index in [0.717, 1.165) is 62.7 Å². The number of nitrogens with one attached hydrogen (secondary N) is 2. The lowest BCUT2D eigenvalue weighted by Crippen LogP contribution is -2.63. The number of hydrogen-bond donors (Lipinski definition) is 2. The summed E-state index contributed by atoms with van der Waals surface area (Å²) in [5.74, 6) is 0. The molecule has 27 heavy (non-hydrogen) atoms. The van der Waals surface area contributed by atoms with Gasteiger partial charge in [-0.3, -0.25) is 4.90 Å². The number of aromatic nitrogens is 1. The highest BCUT2D eigenvalue weighted by atomic mass is 32.1. The molecule has 0 atom stereocenters. The monoisotopic (exact) mass is 393 g/mol. The van der Waals surface area contributed by atoms with Crippen LogP contribution in [0.25, 0.3) is 0 Å². The van der Waals surface area contributed by atoms with Crippen molar-refractivity contribution in [3.8, 4) is 0 Å². The molecule has 2 aliphatic rings. The van der Waals surface area contributed by atoms with Gasteiger partial charge in [0.05, 0.1) is 10.7 Å². The molecule has 7 heteroatoms. The van der Waals surface area contributed by atoms with E-state index in [-0.39, 0.29) is 23.2 Å². The van der Waals surface area contributed by atoms with E-state index in [2.05, 4.69) is 53.6 Å². The van der Waals surface area contributed by atoms with Gasteiger partial charge in [0.15, 0.2) is 0 Å². The molecule has 2 saturated heterocycles. The van der Waals surface area contributed by atoms with Gasteiger partial charge >= 0.3 is 6.03 Å². The summed E-state index contributed by atoms with van der Waals surface area (Å²) < 4.78 is 0. The van der Waals surface area contributed by atoms with E-state index < -0.39 is 0 Å². The second-order valence-corrected chi connectivity index (χ2v) is 10.5. The number of amides is 2. The summed E-state index contributed by atoms with van der Waals surface area (Å²) in [4.78, 5) is 21.9. The Labute approximate surface area is 167 Å². The summed E-state index contributed by atoms with van der Waals surface area (Å²) in [6.45, 7) is 15.4. The van der Waals surface area contributed by atoms with Crippen LogP contribution in [0.2, 0.25) is 0 Å². The van der Waals surface area contributed by atoms with Crippen molar-refractivity contribution >= 4 is 17.4 Å². The first-order chi connectivity index (χ1) is 12.6. The molecule has 0 bridgehead atoms. The van der Waals surface area contributed by atoms with Crippen LogP contribution < -0.4 is 10.6 Å². The van der Waals surface area contributed by atoms with Gasteiger partial charge in [-0.05, 0) is 53.9 Å². The van der Waals surface area contributed by atoms with Crippen molar-refractivity contribution in [2.75, 3.05) is 26.2 Å². The molecule has 2 amide bonds. The maximum atomic E-state index is 12.9. The Morgan fingerprint density at radius 3 is 2.56 bits per heavy atom. The number of piperidine rings is 1. The third-order valence-corrected chi connectivity index (χ3v) is 6.27. The summed E-state index contributed by atoms with van der Waals surface area (Å²) in [6.07, 6.45) is 2.94. The average molecular weight is 394 g/mol. The van der Waals surface area contributed by atoms with Crippen molar-refractivity contribution in [1.82, 2.24) is 25.4 Å². The van der Waals surface area contributed by atoms with E-state index in [1.165, 1.54) is 0 Å². The number of urea groups is 1. The molecular weight excluding hydrogens is 358 g/mol. The van der Waals surface area contributed by atoms with Crippen molar-refractivity contribution in [1.29, 1.82) is 0 Å². The summed E-state index contributed by atoms with van der Waals surface area (Å²) in [7, 11) is 0. The molecule has 6 nitrogen and oxygen atoms in total. The first-order valence-electron chi connectivity index (χ1n) is 10.1. The van der Waals surface area contributed by atoms with Crippen LogP contribution in [0.5, 0.6) is 0 Å². The minimum atomic E-state index is 0.0426. The van der Waals surface area contributed by atoms with Gasteiger partial charge in [0.2, 0.25) is 0 Å². The molecule has 152 valence electrons. The Morgan fingerprint density at radius 1 is 1.22 bits per heavy atom. The molecule has 2 aliphatic heterocycles. The summed E-state index contributed by atoms with van der Waals surface area (Å²) >= 11 is 1.71. The first kappa shape index (κ1) is 20.6. The van der Waals surface area contributed by atoms with Crippen molar-refractivity contribution in [3.05, 3.63) is 16.1 Å². The molecule has 2 fully saturated rings. The van der Waals surface area contributed by atoms with Gasteiger partial charge in [-0.2, -0.15) is 0 Å². The normalized spacial score (nSPS) is 23.8. The van der Waals surface area contributed by atoms with Crippen LogP contribution in [0.1, 0.15) is 57.7 Å². The van der Waals surface area contributed by atoms with E-state index >= 15 is 0 Å². The van der Waals surface area contributed by atoms with E-state index in [9.17, 15) is 4.79 Å². The van der Waals surface area contributed by atoms with Crippen LogP contribution in [-0.2, 0) is 6.54 Å². The Kier molecular flexibility index (Phi) is 6.13. The third kappa shape index (κ3) is 5.90. The van der Waals surface area contributed by atoms with Gasteiger partial charge in [-0.25, -0.2) is 9.78 Å². The fraction of sp³-hybridized carbons (Fsp3) is 0.800. The standard InChI is InChI=1S/C20H35N5OS/c1-15-21-17(14-27-15)13-24-7-6-8-25(10-9-24)18(26)22-16-11-19(2,3)23-20(4,5)12-16/h14,16,23H,6-13H2,1-5H3,(H,22,26). The first-order valence-corrected chi connectivity index (χ1v) is 11.0. The number of hydrogen-bond acceptors (Lipinski definition) is 5. The van der Waals surface area contributed by atoms with E-state index in [0.29, 0.717) is 0 Å². The molecule has 2 N–H and O–H groups in total. The van der Waals surface area contributed by atoms with Crippen molar-refractivity contribution in [2.45, 2.75) is 77.5 Å². The number of aryl methyl sites for hydroxylation is 1.